The van der Waals surface area contributed by atoms with Crippen molar-refractivity contribution < 1.29 is 14.3 Å². The summed E-state index contributed by atoms with van der Waals surface area (Å²) in [6.45, 7) is 1.86. The van der Waals surface area contributed by atoms with Crippen LogP contribution < -0.4 is 4.90 Å². The van der Waals surface area contributed by atoms with Gasteiger partial charge in [-0.25, -0.2) is 4.79 Å². The number of anilines is 1. The normalized spacial score (nSPS) is 9.88. The summed E-state index contributed by atoms with van der Waals surface area (Å²) < 4.78 is 5.54. The largest absolute Gasteiger partial charge is 0.460 e. The van der Waals surface area contributed by atoms with E-state index in [4.69, 9.17) is 0 Å². The minimum absolute atomic E-state index is 0.196. The number of hydrogen-bond acceptors (Lipinski definition) is 4. The Morgan fingerprint density at radius 1 is 1.35 bits per heavy atom. The second-order valence-corrected chi connectivity index (χ2v) is 4.46. The third-order valence-corrected chi connectivity index (χ3v) is 2.82. The average molecular weight is 300 g/mol. The number of Topliss-reactive ketones (excluding diaryl/α,β-unsaturated/α-hetero) is 1. The van der Waals surface area contributed by atoms with Gasteiger partial charge in [0.2, 0.25) is 0 Å². The van der Waals surface area contributed by atoms with Crippen molar-refractivity contribution in [3.63, 3.8) is 0 Å². The van der Waals surface area contributed by atoms with Gasteiger partial charge in [-0.05, 0) is 41.1 Å². The van der Waals surface area contributed by atoms with Crippen molar-refractivity contribution in [1.29, 1.82) is 0 Å². The summed E-state index contributed by atoms with van der Waals surface area (Å²) >= 11 is 3.38. The van der Waals surface area contributed by atoms with E-state index in [0.717, 1.165) is 10.2 Å². The Kier molecular flexibility index (Phi) is 4.69. The van der Waals surface area contributed by atoms with E-state index in [-0.39, 0.29) is 6.61 Å². The molecule has 0 bridgehead atoms. The van der Waals surface area contributed by atoms with Crippen LogP contribution in [0.2, 0.25) is 0 Å². The highest BCUT2D eigenvalue weighted by Crippen LogP contribution is 2.26. The van der Waals surface area contributed by atoms with Gasteiger partial charge in [0, 0.05) is 24.1 Å². The standard InChI is InChI=1S/C12H14BrNO3/c1-4-17-12(16)11(15)8-5-6-9(13)10(7-8)14(2)3/h5-7H,4H2,1-3H3. The van der Waals surface area contributed by atoms with Crippen molar-refractivity contribution >= 4 is 33.4 Å². The molecule has 4 nitrogen and oxygen atoms in total. The maximum Gasteiger partial charge on any atom is 0.379 e. The molecule has 92 valence electrons. The van der Waals surface area contributed by atoms with Gasteiger partial charge in [-0.3, -0.25) is 4.79 Å². The van der Waals surface area contributed by atoms with Crippen LogP contribution in [-0.4, -0.2) is 32.5 Å². The lowest BCUT2D eigenvalue weighted by Gasteiger charge is -2.15. The van der Waals surface area contributed by atoms with Gasteiger partial charge < -0.3 is 9.64 Å². The molecule has 0 aliphatic heterocycles. The van der Waals surface area contributed by atoms with E-state index in [9.17, 15) is 9.59 Å². The molecule has 0 heterocycles. The number of hydrogen-bond donors (Lipinski definition) is 0. The fourth-order valence-corrected chi connectivity index (χ4v) is 1.91. The van der Waals surface area contributed by atoms with Crippen molar-refractivity contribution in [3.8, 4) is 0 Å². The molecule has 0 aromatic heterocycles. The minimum atomic E-state index is -0.820. The van der Waals surface area contributed by atoms with Crippen LogP contribution in [0.15, 0.2) is 22.7 Å². The van der Waals surface area contributed by atoms with Crippen LogP contribution in [0.1, 0.15) is 17.3 Å². The first-order chi connectivity index (χ1) is 7.97. The number of halogens is 1. The van der Waals surface area contributed by atoms with Gasteiger partial charge in [-0.1, -0.05) is 0 Å². The molecule has 0 saturated heterocycles. The van der Waals surface area contributed by atoms with Gasteiger partial charge in [0.1, 0.15) is 0 Å². The van der Waals surface area contributed by atoms with Crippen LogP contribution >= 0.6 is 15.9 Å². The molecular formula is C12H14BrNO3. The molecule has 0 aliphatic rings. The number of carbonyl (C=O) groups is 2. The lowest BCUT2D eigenvalue weighted by atomic mass is 10.1. The van der Waals surface area contributed by atoms with Gasteiger partial charge in [-0.15, -0.1) is 0 Å². The summed E-state index contributed by atoms with van der Waals surface area (Å²) in [4.78, 5) is 24.9. The second-order valence-electron chi connectivity index (χ2n) is 3.61. The molecule has 5 heteroatoms. The van der Waals surface area contributed by atoms with Gasteiger partial charge >= 0.3 is 5.97 Å². The maximum atomic E-state index is 11.7. The number of ether oxygens (including phenoxy) is 1. The third-order valence-electron chi connectivity index (χ3n) is 2.15. The summed E-state index contributed by atoms with van der Waals surface area (Å²) in [6, 6.07) is 4.99. The van der Waals surface area contributed by atoms with E-state index >= 15 is 0 Å². The Morgan fingerprint density at radius 2 is 2.00 bits per heavy atom. The van der Waals surface area contributed by atoms with Crippen LogP contribution in [0.4, 0.5) is 5.69 Å². The number of ketones is 1. The molecule has 0 spiro atoms. The van der Waals surface area contributed by atoms with Crippen LogP contribution in [0.5, 0.6) is 0 Å². The number of nitrogens with zero attached hydrogens (tertiary/aromatic N) is 1. The summed E-state index contributed by atoms with van der Waals surface area (Å²) in [5, 5.41) is 0. The van der Waals surface area contributed by atoms with Gasteiger partial charge in [0.15, 0.2) is 0 Å². The molecule has 1 aromatic carbocycles. The lowest BCUT2D eigenvalue weighted by Crippen LogP contribution is -2.18. The van der Waals surface area contributed by atoms with E-state index in [1.54, 1.807) is 25.1 Å². The minimum Gasteiger partial charge on any atom is -0.460 e. The smallest absolute Gasteiger partial charge is 0.379 e. The molecule has 0 aliphatic carbocycles. The molecular weight excluding hydrogens is 286 g/mol. The number of benzene rings is 1. The Labute approximate surface area is 109 Å². The number of esters is 1. The molecule has 0 radical (unpaired) electrons. The van der Waals surface area contributed by atoms with Crippen molar-refractivity contribution in [3.05, 3.63) is 28.2 Å². The summed E-state index contributed by atoms with van der Waals surface area (Å²) in [6.07, 6.45) is 0. The Bertz CT molecular complexity index is 443. The van der Waals surface area contributed by atoms with Crippen LogP contribution in [-0.2, 0) is 9.53 Å². The highest BCUT2D eigenvalue weighted by atomic mass is 79.9. The molecule has 1 aromatic rings. The topological polar surface area (TPSA) is 46.6 Å². The van der Waals surface area contributed by atoms with E-state index < -0.39 is 11.8 Å². The van der Waals surface area contributed by atoms with E-state index in [1.165, 1.54) is 0 Å². The van der Waals surface area contributed by atoms with E-state index in [2.05, 4.69) is 20.7 Å². The summed E-state index contributed by atoms with van der Waals surface area (Å²) in [5.74, 6) is -1.44. The Morgan fingerprint density at radius 3 is 2.53 bits per heavy atom. The fourth-order valence-electron chi connectivity index (χ4n) is 1.31. The first-order valence-electron chi connectivity index (χ1n) is 5.15. The van der Waals surface area contributed by atoms with E-state index in [0.29, 0.717) is 5.56 Å². The van der Waals surface area contributed by atoms with Gasteiger partial charge in [-0.2, -0.15) is 0 Å². The molecule has 0 unspecified atom stereocenters. The highest BCUT2D eigenvalue weighted by molar-refractivity contribution is 9.10. The molecule has 0 amide bonds. The van der Waals surface area contributed by atoms with Crippen molar-refractivity contribution in [2.24, 2.45) is 0 Å². The lowest BCUT2D eigenvalue weighted by molar-refractivity contribution is -0.137. The molecule has 1 rings (SSSR count). The molecule has 0 fully saturated rings. The van der Waals surface area contributed by atoms with Crippen LogP contribution in [0, 0.1) is 0 Å². The van der Waals surface area contributed by atoms with Gasteiger partial charge in [0.25, 0.3) is 5.78 Å². The molecule has 0 N–H and O–H groups in total. The maximum absolute atomic E-state index is 11.7. The van der Waals surface area contributed by atoms with Gasteiger partial charge in [0.05, 0.1) is 12.3 Å². The van der Waals surface area contributed by atoms with Crippen molar-refractivity contribution in [1.82, 2.24) is 0 Å². The summed E-state index contributed by atoms with van der Waals surface area (Å²) in [5.41, 5.74) is 1.16. The van der Waals surface area contributed by atoms with Crippen LogP contribution in [0.25, 0.3) is 0 Å². The van der Waals surface area contributed by atoms with Crippen LogP contribution in [0.3, 0.4) is 0 Å². The van der Waals surface area contributed by atoms with E-state index in [1.807, 2.05) is 19.0 Å². The predicted octanol–water partition coefficient (Wildman–Crippen LogP) is 2.26. The van der Waals surface area contributed by atoms with Crippen molar-refractivity contribution in [2.75, 3.05) is 25.6 Å². The fraction of sp³-hybridized carbons (Fsp3) is 0.333. The quantitative estimate of drug-likeness (QED) is 0.486. The third kappa shape index (κ3) is 3.30. The zero-order chi connectivity index (χ0) is 13.0. The predicted molar refractivity (Wildman–Crippen MR) is 69.4 cm³/mol. The SMILES string of the molecule is CCOC(=O)C(=O)c1ccc(Br)c(N(C)C)c1. The Hall–Kier alpha value is -1.36. The Balaban J connectivity index is 3.03. The zero-order valence-electron chi connectivity index (χ0n) is 9.99. The molecule has 17 heavy (non-hydrogen) atoms. The first kappa shape index (κ1) is 13.7. The monoisotopic (exact) mass is 299 g/mol. The summed E-state index contributed by atoms with van der Waals surface area (Å²) in [7, 11) is 3.72. The first-order valence-corrected chi connectivity index (χ1v) is 5.95. The zero-order valence-corrected chi connectivity index (χ0v) is 11.6. The molecule has 0 saturated carbocycles. The molecule has 0 atom stereocenters. The average Bonchev–Trinajstić information content (AvgIpc) is 2.28. The number of carbonyl (C=O) groups excluding carboxylic acids is 2. The second kappa shape index (κ2) is 5.82. The van der Waals surface area contributed by atoms with Crippen molar-refractivity contribution in [2.45, 2.75) is 6.92 Å². The number of rotatable bonds is 4. The highest BCUT2D eigenvalue weighted by Gasteiger charge is 2.18.